The van der Waals surface area contributed by atoms with E-state index in [1.165, 1.54) is 6.08 Å². The summed E-state index contributed by atoms with van der Waals surface area (Å²) < 4.78 is 0. The number of aromatic hydroxyl groups is 3. The molecule has 0 aliphatic rings. The topological polar surface area (TPSA) is 80.9 Å². The van der Waals surface area contributed by atoms with Gasteiger partial charge in [0.25, 0.3) is 0 Å². The second-order valence-corrected chi connectivity index (χ2v) is 5.52. The summed E-state index contributed by atoms with van der Waals surface area (Å²) in [5.41, 5.74) is 2.95. The zero-order valence-electron chi connectivity index (χ0n) is 13.4. The van der Waals surface area contributed by atoms with E-state index in [0.717, 1.165) is 0 Å². The highest BCUT2D eigenvalue weighted by Gasteiger charge is 2.22. The van der Waals surface area contributed by atoms with E-state index >= 15 is 0 Å². The molecule has 0 spiro atoms. The van der Waals surface area contributed by atoms with Crippen molar-refractivity contribution < 1.29 is 20.4 Å². The normalized spacial score (nSPS) is 10.6. The summed E-state index contributed by atoms with van der Waals surface area (Å²) in [6, 6.07) is 3.15. The molecule has 0 saturated heterocycles. The van der Waals surface area contributed by atoms with Crippen LogP contribution in [0.25, 0.3) is 23.0 Å². The molecule has 0 unspecified atom stereocenters. The van der Waals surface area contributed by atoms with Crippen LogP contribution in [-0.4, -0.2) is 20.4 Å². The molecule has 0 radical (unpaired) electrons. The lowest BCUT2D eigenvalue weighted by Gasteiger charge is -2.18. The molecule has 4 nitrogen and oxygen atoms in total. The van der Waals surface area contributed by atoms with Crippen molar-refractivity contribution in [1.82, 2.24) is 0 Å². The molecule has 0 amide bonds. The Bertz CT molecular complexity index is 803. The van der Waals surface area contributed by atoms with Crippen LogP contribution in [0.3, 0.4) is 0 Å². The van der Waals surface area contributed by atoms with Gasteiger partial charge in [-0.05, 0) is 44.0 Å². The van der Waals surface area contributed by atoms with Crippen molar-refractivity contribution in [3.63, 3.8) is 0 Å². The van der Waals surface area contributed by atoms with Gasteiger partial charge in [-0.25, -0.2) is 0 Å². The Kier molecular flexibility index (Phi) is 4.10. The van der Waals surface area contributed by atoms with E-state index in [2.05, 4.69) is 13.2 Å². The van der Waals surface area contributed by atoms with Crippen LogP contribution in [0.4, 0.5) is 0 Å². The van der Waals surface area contributed by atoms with E-state index in [4.69, 9.17) is 0 Å². The molecular weight excluding hydrogens is 292 g/mol. The SMILES string of the molecule is C=Cc1c(C(=C)O)ccc(-c2c(C)c(O)c(C)c(C)c2O)c1O. The van der Waals surface area contributed by atoms with Gasteiger partial charge in [0.2, 0.25) is 0 Å². The Labute approximate surface area is 135 Å². The second kappa shape index (κ2) is 5.72. The van der Waals surface area contributed by atoms with E-state index < -0.39 is 0 Å². The maximum absolute atomic E-state index is 10.6. The molecular formula is C19H20O4. The molecule has 4 heteroatoms. The summed E-state index contributed by atoms with van der Waals surface area (Å²) >= 11 is 0. The number of phenols is 3. The fraction of sp³-hybridized carbons (Fsp3) is 0.158. The summed E-state index contributed by atoms with van der Waals surface area (Å²) in [5.74, 6) is -0.261. The van der Waals surface area contributed by atoms with E-state index in [-0.39, 0.29) is 23.0 Å². The minimum absolute atomic E-state index is 0.00122. The first-order valence-electron chi connectivity index (χ1n) is 7.11. The average molecular weight is 312 g/mol. The number of hydrogen-bond acceptors (Lipinski definition) is 4. The molecule has 0 bridgehead atoms. The second-order valence-electron chi connectivity index (χ2n) is 5.52. The average Bonchev–Trinajstić information content (AvgIpc) is 2.52. The highest BCUT2D eigenvalue weighted by Crippen LogP contribution is 2.46. The maximum Gasteiger partial charge on any atom is 0.131 e. The molecule has 0 fully saturated rings. The van der Waals surface area contributed by atoms with Crippen LogP contribution < -0.4 is 0 Å². The summed E-state index contributed by atoms with van der Waals surface area (Å²) in [6.45, 7) is 12.2. The highest BCUT2D eigenvalue weighted by atomic mass is 16.3. The predicted molar refractivity (Wildman–Crippen MR) is 92.8 cm³/mol. The molecule has 0 atom stereocenters. The number of phenolic OH excluding ortho intramolecular Hbond substituents is 3. The number of benzene rings is 2. The minimum atomic E-state index is -0.189. The van der Waals surface area contributed by atoms with Crippen LogP contribution in [0.2, 0.25) is 0 Å². The smallest absolute Gasteiger partial charge is 0.131 e. The Morgan fingerprint density at radius 1 is 0.913 bits per heavy atom. The molecule has 0 aromatic heterocycles. The third-order valence-corrected chi connectivity index (χ3v) is 4.24. The Morgan fingerprint density at radius 2 is 1.48 bits per heavy atom. The summed E-state index contributed by atoms with van der Waals surface area (Å²) in [4.78, 5) is 0. The molecule has 0 aliphatic heterocycles. The molecule has 0 aliphatic carbocycles. The fourth-order valence-electron chi connectivity index (χ4n) is 2.72. The van der Waals surface area contributed by atoms with Crippen molar-refractivity contribution in [3.05, 3.63) is 53.1 Å². The lowest BCUT2D eigenvalue weighted by molar-refractivity contribution is 0.449. The van der Waals surface area contributed by atoms with Crippen LogP contribution in [0, 0.1) is 20.8 Å². The number of aliphatic hydroxyl groups is 1. The van der Waals surface area contributed by atoms with E-state index in [1.54, 1.807) is 32.9 Å². The first kappa shape index (κ1) is 16.5. The van der Waals surface area contributed by atoms with E-state index in [0.29, 0.717) is 38.9 Å². The Balaban J connectivity index is 2.89. The molecule has 120 valence electrons. The predicted octanol–water partition coefficient (Wildman–Crippen LogP) is 4.57. The molecule has 0 saturated carbocycles. The monoisotopic (exact) mass is 312 g/mol. The van der Waals surface area contributed by atoms with Crippen LogP contribution in [-0.2, 0) is 0 Å². The number of hydrogen-bond donors (Lipinski definition) is 4. The van der Waals surface area contributed by atoms with Crippen molar-refractivity contribution in [1.29, 1.82) is 0 Å². The molecule has 4 N–H and O–H groups in total. The maximum atomic E-state index is 10.6. The van der Waals surface area contributed by atoms with Gasteiger partial charge in [0.05, 0.1) is 0 Å². The quantitative estimate of drug-likeness (QED) is 0.494. The van der Waals surface area contributed by atoms with Crippen LogP contribution in [0.1, 0.15) is 27.8 Å². The zero-order chi connectivity index (χ0) is 17.5. The third kappa shape index (κ3) is 2.42. The van der Waals surface area contributed by atoms with Crippen molar-refractivity contribution in [2.75, 3.05) is 0 Å². The third-order valence-electron chi connectivity index (χ3n) is 4.24. The van der Waals surface area contributed by atoms with Gasteiger partial charge in [-0.15, -0.1) is 0 Å². The minimum Gasteiger partial charge on any atom is -0.508 e. The van der Waals surface area contributed by atoms with Crippen LogP contribution in [0.5, 0.6) is 17.2 Å². The van der Waals surface area contributed by atoms with E-state index in [9.17, 15) is 20.4 Å². The van der Waals surface area contributed by atoms with Gasteiger partial charge >= 0.3 is 0 Å². The number of aliphatic hydroxyl groups excluding tert-OH is 1. The summed E-state index contributed by atoms with van der Waals surface area (Å²) in [7, 11) is 0. The van der Waals surface area contributed by atoms with Gasteiger partial charge < -0.3 is 20.4 Å². The Morgan fingerprint density at radius 3 is 2.00 bits per heavy atom. The largest absolute Gasteiger partial charge is 0.508 e. The molecule has 23 heavy (non-hydrogen) atoms. The zero-order valence-corrected chi connectivity index (χ0v) is 13.4. The van der Waals surface area contributed by atoms with Gasteiger partial charge in [-0.2, -0.15) is 0 Å². The lowest BCUT2D eigenvalue weighted by atomic mass is 9.90. The standard InChI is InChI=1S/C19H20O4/c1-6-13-14(12(5)20)7-8-15(19(13)23)16-11(4)17(21)9(2)10(3)18(16)22/h6-8,20-23H,1,5H2,2-4H3. The van der Waals surface area contributed by atoms with Crippen molar-refractivity contribution in [3.8, 4) is 28.4 Å². The molecule has 2 aromatic rings. The van der Waals surface area contributed by atoms with Crippen molar-refractivity contribution >= 4 is 11.8 Å². The van der Waals surface area contributed by atoms with Crippen molar-refractivity contribution in [2.45, 2.75) is 20.8 Å². The number of rotatable bonds is 3. The Hall–Kier alpha value is -2.88. The van der Waals surface area contributed by atoms with Gasteiger partial charge in [0.1, 0.15) is 23.0 Å². The molecule has 2 rings (SSSR count). The van der Waals surface area contributed by atoms with Crippen molar-refractivity contribution in [2.24, 2.45) is 0 Å². The fourth-order valence-corrected chi connectivity index (χ4v) is 2.72. The summed E-state index contributed by atoms with van der Waals surface area (Å²) in [6.07, 6.45) is 1.41. The van der Waals surface area contributed by atoms with E-state index in [1.807, 2.05) is 0 Å². The lowest BCUT2D eigenvalue weighted by Crippen LogP contribution is -1.95. The van der Waals surface area contributed by atoms with Crippen LogP contribution in [0.15, 0.2) is 25.3 Å². The summed E-state index contributed by atoms with van der Waals surface area (Å²) in [5, 5.41) is 40.9. The first-order chi connectivity index (χ1) is 10.7. The van der Waals surface area contributed by atoms with Gasteiger partial charge in [0, 0.05) is 27.8 Å². The van der Waals surface area contributed by atoms with Gasteiger partial charge in [0.15, 0.2) is 0 Å². The molecule has 2 aromatic carbocycles. The first-order valence-corrected chi connectivity index (χ1v) is 7.11. The van der Waals surface area contributed by atoms with Gasteiger partial charge in [-0.1, -0.05) is 19.2 Å². The highest BCUT2D eigenvalue weighted by molar-refractivity contribution is 5.87. The molecule has 0 heterocycles. The van der Waals surface area contributed by atoms with Gasteiger partial charge in [-0.3, -0.25) is 0 Å². The van der Waals surface area contributed by atoms with Crippen LogP contribution >= 0.6 is 0 Å².